The summed E-state index contributed by atoms with van der Waals surface area (Å²) in [6.45, 7) is 8.99. The normalized spacial score (nSPS) is 11.8. The van der Waals surface area contributed by atoms with Gasteiger partial charge in [-0.15, -0.1) is 11.6 Å². The molecule has 0 heterocycles. The van der Waals surface area contributed by atoms with E-state index in [4.69, 9.17) is 25.8 Å². The number of rotatable bonds is 16. The molecule has 0 atom stereocenters. The van der Waals surface area contributed by atoms with Crippen LogP contribution in [0.4, 0.5) is 5.69 Å². The maximum Gasteiger partial charge on any atom is 0.0701 e. The Morgan fingerprint density at radius 3 is 2.32 bits per heavy atom. The molecule has 0 bridgehead atoms. The van der Waals surface area contributed by atoms with Gasteiger partial charge in [0, 0.05) is 57.7 Å². The molecule has 0 spiro atoms. The van der Waals surface area contributed by atoms with Crippen LogP contribution < -0.4 is 4.90 Å². The molecule has 0 fully saturated rings. The summed E-state index contributed by atoms with van der Waals surface area (Å²) in [5.74, 6) is 0.422. The highest BCUT2D eigenvalue weighted by Crippen LogP contribution is 2.41. The number of alkyl halides is 1. The Bertz CT molecular complexity index is 532. The molecule has 162 valence electrons. The molecule has 0 unspecified atom stereocenters. The first-order valence-corrected chi connectivity index (χ1v) is 14.3. The van der Waals surface area contributed by atoms with Crippen LogP contribution >= 0.6 is 51.6 Å². The topological polar surface area (TPSA) is 51.2 Å². The summed E-state index contributed by atoms with van der Waals surface area (Å²) in [5.41, 5.74) is 2.95. The van der Waals surface area contributed by atoms with Gasteiger partial charge in [-0.2, -0.15) is 0 Å². The second kappa shape index (κ2) is 15.4. The molecular formula is C19H31ClINO4S2. The predicted molar refractivity (Wildman–Crippen MR) is 131 cm³/mol. The minimum atomic E-state index is 0.00261. The van der Waals surface area contributed by atoms with Gasteiger partial charge in [0.1, 0.15) is 0 Å². The van der Waals surface area contributed by atoms with Crippen molar-refractivity contribution in [2.45, 2.75) is 31.1 Å². The molecule has 0 radical (unpaired) electrons. The zero-order chi connectivity index (χ0) is 20.8. The number of benzene rings is 1. The molecule has 28 heavy (non-hydrogen) atoms. The smallest absolute Gasteiger partial charge is 0.0701 e. The average Bonchev–Trinajstić information content (AvgIpc) is 2.68. The summed E-state index contributed by atoms with van der Waals surface area (Å²) in [6, 6.07) is 6.07. The number of aliphatic hydroxyl groups is 1. The van der Waals surface area contributed by atoms with Gasteiger partial charge in [0.25, 0.3) is 0 Å². The lowest BCUT2D eigenvalue weighted by Crippen LogP contribution is -2.38. The second-order valence-corrected chi connectivity index (χ2v) is 12.6. The first-order valence-electron chi connectivity index (χ1n) is 9.11. The first kappa shape index (κ1) is 26.6. The van der Waals surface area contributed by atoms with Gasteiger partial charge in [-0.05, 0) is 45.1 Å². The van der Waals surface area contributed by atoms with Crippen LogP contribution in [0.1, 0.15) is 25.0 Å². The minimum Gasteiger partial charge on any atom is -0.392 e. The van der Waals surface area contributed by atoms with E-state index in [-0.39, 0.29) is 11.4 Å². The average molecular weight is 564 g/mol. The van der Waals surface area contributed by atoms with Crippen LogP contribution in [0, 0.1) is 0 Å². The van der Waals surface area contributed by atoms with Gasteiger partial charge < -0.3 is 24.2 Å². The van der Waals surface area contributed by atoms with Crippen molar-refractivity contribution in [3.8, 4) is 0 Å². The SMILES string of the molecule is COCCOCCOCCN(CC(C)(C)SSI)c1cc(CO)cc(CCl)c1. The number of ether oxygens (including phenoxy) is 3. The molecule has 0 amide bonds. The van der Waals surface area contributed by atoms with E-state index >= 15 is 0 Å². The zero-order valence-corrected chi connectivity index (χ0v) is 21.3. The molecule has 1 N–H and O–H groups in total. The molecule has 0 saturated heterocycles. The predicted octanol–water partition coefficient (Wildman–Crippen LogP) is 4.91. The number of nitrogens with zero attached hydrogens (tertiary/aromatic N) is 1. The Morgan fingerprint density at radius 2 is 1.71 bits per heavy atom. The van der Waals surface area contributed by atoms with E-state index in [1.807, 2.05) is 22.9 Å². The van der Waals surface area contributed by atoms with E-state index in [0.29, 0.717) is 38.9 Å². The van der Waals surface area contributed by atoms with E-state index in [1.165, 1.54) is 0 Å². The van der Waals surface area contributed by atoms with Crippen LogP contribution in [0.5, 0.6) is 0 Å². The second-order valence-electron chi connectivity index (χ2n) is 6.84. The standard InChI is InChI=1S/C19H31ClINO4S2/c1-19(2,27-28-21)15-22(4-5-25-8-9-26-7-6-24-3)18-11-16(13-20)10-17(12-18)14-23/h10-12,23H,4-9,13-15H2,1-3H3. The summed E-state index contributed by atoms with van der Waals surface area (Å²) in [7, 11) is 5.25. The lowest BCUT2D eigenvalue weighted by molar-refractivity contribution is 0.0264. The van der Waals surface area contributed by atoms with Gasteiger partial charge in [-0.1, -0.05) is 16.9 Å². The maximum atomic E-state index is 9.60. The quantitative estimate of drug-likeness (QED) is 0.133. The maximum absolute atomic E-state index is 9.60. The van der Waals surface area contributed by atoms with Gasteiger partial charge in [-0.25, -0.2) is 0 Å². The molecule has 1 rings (SSSR count). The van der Waals surface area contributed by atoms with Gasteiger partial charge in [0.2, 0.25) is 0 Å². The highest BCUT2D eigenvalue weighted by molar-refractivity contribution is 14.2. The third-order valence-electron chi connectivity index (χ3n) is 3.88. The van der Waals surface area contributed by atoms with Crippen LogP contribution in [0.2, 0.25) is 0 Å². The Balaban J connectivity index is 2.72. The minimum absolute atomic E-state index is 0.00261. The van der Waals surface area contributed by atoms with Crippen LogP contribution in [0.25, 0.3) is 0 Å². The number of hydrogen-bond donors (Lipinski definition) is 1. The van der Waals surface area contributed by atoms with Crippen molar-refractivity contribution in [3.05, 3.63) is 29.3 Å². The third kappa shape index (κ3) is 11.1. The van der Waals surface area contributed by atoms with Crippen molar-refractivity contribution in [1.82, 2.24) is 0 Å². The van der Waals surface area contributed by atoms with Crippen molar-refractivity contribution >= 4 is 57.3 Å². The van der Waals surface area contributed by atoms with Gasteiger partial charge in [0.15, 0.2) is 0 Å². The molecule has 9 heteroatoms. The van der Waals surface area contributed by atoms with E-state index in [2.05, 4.69) is 46.0 Å². The summed E-state index contributed by atoms with van der Waals surface area (Å²) in [6.07, 6.45) is 0. The largest absolute Gasteiger partial charge is 0.392 e. The summed E-state index contributed by atoms with van der Waals surface area (Å²) in [4.78, 5) is 2.31. The number of halogens is 2. The first-order chi connectivity index (χ1) is 13.5. The lowest BCUT2D eigenvalue weighted by atomic mass is 10.1. The van der Waals surface area contributed by atoms with Crippen molar-refractivity contribution in [2.75, 3.05) is 58.1 Å². The Hall–Kier alpha value is 0.580. The summed E-state index contributed by atoms with van der Waals surface area (Å²) in [5, 5.41) is 9.60. The Morgan fingerprint density at radius 1 is 1.07 bits per heavy atom. The number of hydrogen-bond acceptors (Lipinski definition) is 7. The van der Waals surface area contributed by atoms with Crippen LogP contribution in [-0.4, -0.2) is 63.1 Å². The molecule has 0 aliphatic rings. The van der Waals surface area contributed by atoms with Crippen LogP contribution in [0.3, 0.4) is 0 Å². The number of aliphatic hydroxyl groups excluding tert-OH is 1. The summed E-state index contributed by atoms with van der Waals surface area (Å²) >= 11 is 8.37. The van der Waals surface area contributed by atoms with E-state index in [1.54, 1.807) is 15.1 Å². The Labute approximate surface area is 194 Å². The van der Waals surface area contributed by atoms with E-state index < -0.39 is 0 Å². The zero-order valence-electron chi connectivity index (χ0n) is 16.8. The monoisotopic (exact) mass is 563 g/mol. The Kier molecular flexibility index (Phi) is 14.6. The third-order valence-corrected chi connectivity index (χ3v) is 7.99. The fourth-order valence-corrected chi connectivity index (χ4v) is 8.19. The molecular weight excluding hydrogens is 533 g/mol. The number of anilines is 1. The van der Waals surface area contributed by atoms with Crippen molar-refractivity contribution in [3.63, 3.8) is 0 Å². The highest BCUT2D eigenvalue weighted by Gasteiger charge is 2.23. The van der Waals surface area contributed by atoms with Crippen LogP contribution in [0.15, 0.2) is 18.2 Å². The van der Waals surface area contributed by atoms with E-state index in [9.17, 15) is 5.11 Å². The van der Waals surface area contributed by atoms with Gasteiger partial charge in [0.05, 0.1) is 39.6 Å². The lowest BCUT2D eigenvalue weighted by Gasteiger charge is -2.33. The van der Waals surface area contributed by atoms with Gasteiger partial charge >= 0.3 is 0 Å². The molecule has 0 aliphatic carbocycles. The fraction of sp³-hybridized carbons (Fsp3) is 0.684. The van der Waals surface area contributed by atoms with E-state index in [0.717, 1.165) is 29.9 Å². The molecule has 0 aliphatic heterocycles. The van der Waals surface area contributed by atoms with Crippen molar-refractivity contribution in [2.24, 2.45) is 0 Å². The molecule has 0 aromatic heterocycles. The molecule has 0 saturated carbocycles. The molecule has 5 nitrogen and oxygen atoms in total. The molecule has 1 aromatic carbocycles. The fourth-order valence-electron chi connectivity index (χ4n) is 2.60. The van der Waals surface area contributed by atoms with Crippen molar-refractivity contribution < 1.29 is 19.3 Å². The van der Waals surface area contributed by atoms with Crippen molar-refractivity contribution in [1.29, 1.82) is 0 Å². The number of methoxy groups -OCH3 is 1. The summed E-state index contributed by atoms with van der Waals surface area (Å²) < 4.78 is 16.2. The van der Waals surface area contributed by atoms with Crippen LogP contribution in [-0.2, 0) is 26.7 Å². The molecule has 1 aromatic rings. The van der Waals surface area contributed by atoms with Gasteiger partial charge in [-0.3, -0.25) is 0 Å². The highest BCUT2D eigenvalue weighted by atomic mass is 127.